The van der Waals surface area contributed by atoms with Gasteiger partial charge < -0.3 is 11.1 Å². The minimum Gasteiger partial charge on any atom is -0.356 e. The molecular formula is C19H30N2O. The Morgan fingerprint density at radius 3 is 2.45 bits per heavy atom. The summed E-state index contributed by atoms with van der Waals surface area (Å²) in [5, 5.41) is 3.17. The first-order chi connectivity index (χ1) is 10.7. The normalized spacial score (nSPS) is 16.0. The average Bonchev–Trinajstić information content (AvgIpc) is 2.50. The molecule has 1 aromatic carbocycles. The monoisotopic (exact) mass is 302 g/mol. The van der Waals surface area contributed by atoms with E-state index in [1.807, 2.05) is 0 Å². The van der Waals surface area contributed by atoms with Crippen molar-refractivity contribution < 1.29 is 4.79 Å². The molecular weight excluding hydrogens is 272 g/mol. The lowest BCUT2D eigenvalue weighted by Crippen LogP contribution is -2.43. The fraction of sp³-hybridized carbons (Fsp3) is 0.632. The summed E-state index contributed by atoms with van der Waals surface area (Å²) in [5.41, 5.74) is 7.16. The quantitative estimate of drug-likeness (QED) is 0.651. The molecule has 1 fully saturated rings. The fourth-order valence-corrected chi connectivity index (χ4v) is 3.28. The molecule has 122 valence electrons. The lowest BCUT2D eigenvalue weighted by molar-refractivity contribution is -0.122. The van der Waals surface area contributed by atoms with Gasteiger partial charge in [-0.2, -0.15) is 0 Å². The lowest BCUT2D eigenvalue weighted by atomic mass is 9.65. The summed E-state index contributed by atoms with van der Waals surface area (Å²) in [6.07, 6.45) is 9.82. The zero-order valence-corrected chi connectivity index (χ0v) is 13.7. The Balaban J connectivity index is 1.68. The number of hydrogen-bond donors (Lipinski definition) is 2. The maximum atomic E-state index is 12.0. The first kappa shape index (κ1) is 17.0. The highest BCUT2D eigenvalue weighted by molar-refractivity contribution is 5.75. The van der Waals surface area contributed by atoms with E-state index in [0.29, 0.717) is 11.8 Å². The molecule has 0 aromatic heterocycles. The van der Waals surface area contributed by atoms with E-state index < -0.39 is 0 Å². The largest absolute Gasteiger partial charge is 0.356 e. The average molecular weight is 302 g/mol. The van der Waals surface area contributed by atoms with Crippen molar-refractivity contribution in [3.63, 3.8) is 0 Å². The van der Waals surface area contributed by atoms with Crippen molar-refractivity contribution in [3.8, 4) is 0 Å². The predicted molar refractivity (Wildman–Crippen MR) is 91.6 cm³/mol. The number of unbranched alkanes of at least 4 members (excludes halogenated alkanes) is 3. The Hall–Kier alpha value is -1.35. The van der Waals surface area contributed by atoms with Gasteiger partial charge in [-0.25, -0.2) is 0 Å². The highest BCUT2D eigenvalue weighted by atomic mass is 16.1. The van der Waals surface area contributed by atoms with Gasteiger partial charge in [0.05, 0.1) is 0 Å². The molecule has 0 unspecified atom stereocenters. The Bertz CT molecular complexity index is 440. The number of nitrogens with two attached hydrogens (primary N) is 1. The van der Waals surface area contributed by atoms with E-state index in [4.69, 9.17) is 5.73 Å². The number of amides is 1. The molecule has 0 heterocycles. The van der Waals surface area contributed by atoms with Gasteiger partial charge in [0, 0.05) is 13.0 Å². The number of carbonyl (C=O) groups is 1. The summed E-state index contributed by atoms with van der Waals surface area (Å²) in [6, 6.07) is 10.6. The molecule has 0 saturated heterocycles. The summed E-state index contributed by atoms with van der Waals surface area (Å²) in [4.78, 5) is 12.0. The van der Waals surface area contributed by atoms with Crippen LogP contribution in [0.4, 0.5) is 0 Å². The summed E-state index contributed by atoms with van der Waals surface area (Å²) >= 11 is 0. The van der Waals surface area contributed by atoms with Crippen LogP contribution < -0.4 is 11.1 Å². The van der Waals surface area contributed by atoms with E-state index in [2.05, 4.69) is 35.6 Å². The Morgan fingerprint density at radius 2 is 1.82 bits per heavy atom. The topological polar surface area (TPSA) is 55.1 Å². The van der Waals surface area contributed by atoms with Crippen LogP contribution in [0.5, 0.6) is 0 Å². The van der Waals surface area contributed by atoms with Crippen molar-refractivity contribution in [2.24, 2.45) is 11.1 Å². The molecule has 1 saturated carbocycles. The molecule has 1 aliphatic rings. The summed E-state index contributed by atoms with van der Waals surface area (Å²) in [6.45, 7) is 1.59. The van der Waals surface area contributed by atoms with Crippen molar-refractivity contribution in [1.29, 1.82) is 0 Å². The standard InChI is InChI=1S/C19H30N2O/c20-14-7-2-1-6-11-18(22)21-16-19(12-8-13-19)15-17-9-4-3-5-10-17/h3-5,9-10H,1-2,6-8,11-16,20H2,(H,21,22). The Labute approximate surface area is 134 Å². The van der Waals surface area contributed by atoms with Crippen molar-refractivity contribution in [2.75, 3.05) is 13.1 Å². The van der Waals surface area contributed by atoms with Crippen LogP contribution in [0.1, 0.15) is 56.9 Å². The van der Waals surface area contributed by atoms with Crippen LogP contribution in [-0.4, -0.2) is 19.0 Å². The number of carbonyl (C=O) groups excluding carboxylic acids is 1. The zero-order chi connectivity index (χ0) is 15.7. The van der Waals surface area contributed by atoms with Crippen LogP contribution in [0.25, 0.3) is 0 Å². The van der Waals surface area contributed by atoms with E-state index in [1.165, 1.54) is 24.8 Å². The second-order valence-corrected chi connectivity index (χ2v) is 6.75. The van der Waals surface area contributed by atoms with Gasteiger partial charge in [-0.15, -0.1) is 0 Å². The second kappa shape index (κ2) is 8.94. The fourth-order valence-electron chi connectivity index (χ4n) is 3.28. The van der Waals surface area contributed by atoms with Gasteiger partial charge in [-0.3, -0.25) is 4.79 Å². The molecule has 0 bridgehead atoms. The van der Waals surface area contributed by atoms with Crippen molar-refractivity contribution in [3.05, 3.63) is 35.9 Å². The SMILES string of the molecule is NCCCCCCC(=O)NCC1(Cc2ccccc2)CCC1. The zero-order valence-electron chi connectivity index (χ0n) is 13.7. The van der Waals surface area contributed by atoms with E-state index in [9.17, 15) is 4.79 Å². The molecule has 0 radical (unpaired) electrons. The lowest BCUT2D eigenvalue weighted by Gasteiger charge is -2.42. The van der Waals surface area contributed by atoms with Crippen LogP contribution >= 0.6 is 0 Å². The maximum absolute atomic E-state index is 12.0. The maximum Gasteiger partial charge on any atom is 0.220 e. The van der Waals surface area contributed by atoms with Crippen LogP contribution in [0.15, 0.2) is 30.3 Å². The number of nitrogens with one attached hydrogen (secondary N) is 1. The molecule has 0 spiro atoms. The van der Waals surface area contributed by atoms with Crippen LogP contribution in [0.3, 0.4) is 0 Å². The molecule has 2 rings (SSSR count). The molecule has 0 atom stereocenters. The van der Waals surface area contributed by atoms with Crippen molar-refractivity contribution >= 4 is 5.91 Å². The Kier molecular flexibility index (Phi) is 6.91. The number of benzene rings is 1. The van der Waals surface area contributed by atoms with Gasteiger partial charge in [0.1, 0.15) is 0 Å². The van der Waals surface area contributed by atoms with Gasteiger partial charge in [0.25, 0.3) is 0 Å². The van der Waals surface area contributed by atoms with Crippen molar-refractivity contribution in [2.45, 2.75) is 57.8 Å². The van der Waals surface area contributed by atoms with E-state index in [0.717, 1.165) is 45.2 Å². The van der Waals surface area contributed by atoms with Gasteiger partial charge in [-0.05, 0) is 49.6 Å². The predicted octanol–water partition coefficient (Wildman–Crippen LogP) is 3.42. The summed E-state index contributed by atoms with van der Waals surface area (Å²) < 4.78 is 0. The molecule has 3 N–H and O–H groups in total. The first-order valence-corrected chi connectivity index (χ1v) is 8.75. The molecule has 1 aromatic rings. The van der Waals surface area contributed by atoms with Gasteiger partial charge in [-0.1, -0.05) is 49.6 Å². The minimum atomic E-state index is 0.215. The van der Waals surface area contributed by atoms with Gasteiger partial charge in [0.15, 0.2) is 0 Å². The third kappa shape index (κ3) is 5.45. The van der Waals surface area contributed by atoms with E-state index in [1.54, 1.807) is 0 Å². The van der Waals surface area contributed by atoms with Gasteiger partial charge >= 0.3 is 0 Å². The second-order valence-electron chi connectivity index (χ2n) is 6.75. The molecule has 3 nitrogen and oxygen atoms in total. The molecule has 3 heteroatoms. The summed E-state index contributed by atoms with van der Waals surface area (Å²) in [5.74, 6) is 0.215. The minimum absolute atomic E-state index is 0.215. The molecule has 22 heavy (non-hydrogen) atoms. The van der Waals surface area contributed by atoms with Gasteiger partial charge in [0.2, 0.25) is 5.91 Å². The summed E-state index contributed by atoms with van der Waals surface area (Å²) in [7, 11) is 0. The van der Waals surface area contributed by atoms with Crippen LogP contribution in [0.2, 0.25) is 0 Å². The highest BCUT2D eigenvalue weighted by Gasteiger charge is 2.37. The number of rotatable bonds is 10. The third-order valence-corrected chi connectivity index (χ3v) is 4.85. The highest BCUT2D eigenvalue weighted by Crippen LogP contribution is 2.43. The number of hydrogen-bond acceptors (Lipinski definition) is 2. The Morgan fingerprint density at radius 1 is 1.09 bits per heavy atom. The van der Waals surface area contributed by atoms with E-state index in [-0.39, 0.29) is 5.91 Å². The van der Waals surface area contributed by atoms with Crippen LogP contribution in [0, 0.1) is 5.41 Å². The smallest absolute Gasteiger partial charge is 0.220 e. The van der Waals surface area contributed by atoms with E-state index >= 15 is 0 Å². The molecule has 0 aliphatic heterocycles. The molecule has 1 aliphatic carbocycles. The molecule has 1 amide bonds. The van der Waals surface area contributed by atoms with Crippen LogP contribution in [-0.2, 0) is 11.2 Å². The van der Waals surface area contributed by atoms with Crippen molar-refractivity contribution in [1.82, 2.24) is 5.32 Å². The first-order valence-electron chi connectivity index (χ1n) is 8.75. The third-order valence-electron chi connectivity index (χ3n) is 4.85.